The van der Waals surface area contributed by atoms with E-state index in [-0.39, 0.29) is 0 Å². The number of halogens is 1. The van der Waals surface area contributed by atoms with E-state index in [0.717, 1.165) is 17.1 Å². The van der Waals surface area contributed by atoms with Gasteiger partial charge in [0.2, 0.25) is 0 Å². The maximum absolute atomic E-state index is 6.05. The number of nitrogens with zero attached hydrogens (tertiary/aromatic N) is 3. The molecule has 0 saturated carbocycles. The number of benzene rings is 1. The van der Waals surface area contributed by atoms with Crippen molar-refractivity contribution in [2.24, 2.45) is 0 Å². The molecule has 5 nitrogen and oxygen atoms in total. The van der Waals surface area contributed by atoms with Gasteiger partial charge in [-0.25, -0.2) is 9.97 Å². The van der Waals surface area contributed by atoms with E-state index in [4.69, 9.17) is 11.6 Å². The highest BCUT2D eigenvalue weighted by Crippen LogP contribution is 2.17. The molecule has 2 aromatic heterocycles. The second-order valence-electron chi connectivity index (χ2n) is 4.73. The molecule has 0 aliphatic heterocycles. The van der Waals surface area contributed by atoms with Crippen LogP contribution >= 0.6 is 11.6 Å². The molecular formula is C16H14ClN5. The molecule has 3 rings (SSSR count). The summed E-state index contributed by atoms with van der Waals surface area (Å²) < 4.78 is 0. The van der Waals surface area contributed by atoms with Gasteiger partial charge in [-0.2, -0.15) is 5.10 Å². The van der Waals surface area contributed by atoms with Crippen molar-refractivity contribution >= 4 is 35.4 Å². The first-order valence-electron chi connectivity index (χ1n) is 6.76. The number of aromatic nitrogens is 4. The number of aromatic amines is 1. The van der Waals surface area contributed by atoms with Crippen LogP contribution in [0.15, 0.2) is 42.5 Å². The number of H-pyrrole nitrogens is 1. The quantitative estimate of drug-likeness (QED) is 0.713. The molecule has 1 aromatic carbocycles. The zero-order chi connectivity index (χ0) is 15.4. The molecule has 22 heavy (non-hydrogen) atoms. The van der Waals surface area contributed by atoms with Crippen molar-refractivity contribution in [2.45, 2.75) is 6.92 Å². The molecule has 0 fully saturated rings. The minimum absolute atomic E-state index is 0.376. The molecule has 0 unspecified atom stereocenters. The van der Waals surface area contributed by atoms with Gasteiger partial charge in [0.1, 0.15) is 16.8 Å². The minimum atomic E-state index is 0.376. The predicted molar refractivity (Wildman–Crippen MR) is 89.0 cm³/mol. The van der Waals surface area contributed by atoms with Crippen LogP contribution in [-0.4, -0.2) is 20.2 Å². The lowest BCUT2D eigenvalue weighted by Gasteiger charge is -2.04. The average Bonchev–Trinajstić information content (AvgIpc) is 2.91. The van der Waals surface area contributed by atoms with Gasteiger partial charge >= 0.3 is 0 Å². The van der Waals surface area contributed by atoms with Gasteiger partial charge in [-0.05, 0) is 18.6 Å². The molecule has 110 valence electrons. The van der Waals surface area contributed by atoms with E-state index < -0.39 is 0 Å². The van der Waals surface area contributed by atoms with Crippen molar-refractivity contribution in [1.29, 1.82) is 0 Å². The second kappa shape index (κ2) is 6.41. The first-order valence-corrected chi connectivity index (χ1v) is 7.13. The number of hydrogen-bond donors (Lipinski definition) is 2. The Morgan fingerprint density at radius 2 is 1.91 bits per heavy atom. The lowest BCUT2D eigenvalue weighted by Crippen LogP contribution is -1.97. The Hall–Kier alpha value is -2.66. The molecule has 0 aliphatic carbocycles. The molecule has 2 N–H and O–H groups in total. The summed E-state index contributed by atoms with van der Waals surface area (Å²) in [5.41, 5.74) is 1.97. The van der Waals surface area contributed by atoms with Crippen LogP contribution in [0, 0.1) is 6.92 Å². The van der Waals surface area contributed by atoms with Crippen LogP contribution in [0.1, 0.15) is 17.1 Å². The molecule has 0 amide bonds. The second-order valence-corrected chi connectivity index (χ2v) is 5.11. The number of hydrogen-bond acceptors (Lipinski definition) is 4. The molecule has 0 bridgehead atoms. The fourth-order valence-electron chi connectivity index (χ4n) is 1.93. The highest BCUT2D eigenvalue weighted by Gasteiger charge is 2.03. The topological polar surface area (TPSA) is 66.5 Å². The molecular weight excluding hydrogens is 298 g/mol. The standard InChI is InChI=1S/C16H14ClN5/c1-11-9-16(22-21-11)20-15-10-13(17)18-14(19-15)8-7-12-5-3-2-4-6-12/h2-10H,1H3,(H2,18,19,20,21,22)/b8-7+. The SMILES string of the molecule is Cc1cc(Nc2cc(Cl)nc(/C=C/c3ccccc3)n2)[nH]n1. The van der Waals surface area contributed by atoms with E-state index in [1.54, 1.807) is 6.07 Å². The van der Waals surface area contributed by atoms with Gasteiger partial charge in [0.15, 0.2) is 5.82 Å². The predicted octanol–water partition coefficient (Wildman–Crippen LogP) is 4.08. The normalized spacial score (nSPS) is 11.0. The monoisotopic (exact) mass is 311 g/mol. The van der Waals surface area contributed by atoms with Crippen molar-refractivity contribution < 1.29 is 0 Å². The van der Waals surface area contributed by atoms with Crippen molar-refractivity contribution in [1.82, 2.24) is 20.2 Å². The van der Waals surface area contributed by atoms with Gasteiger partial charge in [-0.15, -0.1) is 0 Å². The maximum Gasteiger partial charge on any atom is 0.156 e. The Morgan fingerprint density at radius 1 is 1.09 bits per heavy atom. The largest absolute Gasteiger partial charge is 0.325 e. The van der Waals surface area contributed by atoms with Crippen molar-refractivity contribution in [2.75, 3.05) is 5.32 Å². The van der Waals surface area contributed by atoms with Crippen molar-refractivity contribution in [3.05, 3.63) is 64.7 Å². The molecule has 6 heteroatoms. The van der Waals surface area contributed by atoms with Crippen LogP contribution in [0.5, 0.6) is 0 Å². The lowest BCUT2D eigenvalue weighted by atomic mass is 10.2. The Kier molecular flexibility index (Phi) is 4.16. The van der Waals surface area contributed by atoms with Gasteiger partial charge in [0.25, 0.3) is 0 Å². The number of nitrogens with one attached hydrogen (secondary N) is 2. The molecule has 0 radical (unpaired) electrons. The third-order valence-corrected chi connectivity index (χ3v) is 3.10. The van der Waals surface area contributed by atoms with Gasteiger partial charge in [0, 0.05) is 12.1 Å². The molecule has 0 aliphatic rings. The smallest absolute Gasteiger partial charge is 0.156 e. The first kappa shape index (κ1) is 14.3. The fraction of sp³-hybridized carbons (Fsp3) is 0.0625. The van der Waals surface area contributed by atoms with E-state index in [1.807, 2.05) is 55.5 Å². The fourth-order valence-corrected chi connectivity index (χ4v) is 2.12. The summed E-state index contributed by atoms with van der Waals surface area (Å²) in [6.07, 6.45) is 3.76. The number of rotatable bonds is 4. The van der Waals surface area contributed by atoms with E-state index in [0.29, 0.717) is 16.8 Å². The summed E-state index contributed by atoms with van der Waals surface area (Å²) >= 11 is 6.05. The Bertz CT molecular complexity index is 795. The van der Waals surface area contributed by atoms with Gasteiger partial charge in [0.05, 0.1) is 5.69 Å². The highest BCUT2D eigenvalue weighted by atomic mass is 35.5. The van der Waals surface area contributed by atoms with Gasteiger partial charge < -0.3 is 5.32 Å². The van der Waals surface area contributed by atoms with Gasteiger partial charge in [-0.3, -0.25) is 5.10 Å². The summed E-state index contributed by atoms with van der Waals surface area (Å²) in [6.45, 7) is 1.91. The zero-order valence-electron chi connectivity index (χ0n) is 11.9. The lowest BCUT2D eigenvalue weighted by molar-refractivity contribution is 1.04. The molecule has 0 atom stereocenters. The van der Waals surface area contributed by atoms with Crippen LogP contribution in [0.25, 0.3) is 12.2 Å². The van der Waals surface area contributed by atoms with E-state index in [9.17, 15) is 0 Å². The highest BCUT2D eigenvalue weighted by molar-refractivity contribution is 6.29. The van der Waals surface area contributed by atoms with Crippen LogP contribution in [0.4, 0.5) is 11.6 Å². The first-order chi connectivity index (χ1) is 10.7. The number of anilines is 2. The van der Waals surface area contributed by atoms with Crippen molar-refractivity contribution in [3.63, 3.8) is 0 Å². The van der Waals surface area contributed by atoms with E-state index in [2.05, 4.69) is 25.5 Å². The molecule has 3 aromatic rings. The summed E-state index contributed by atoms with van der Waals surface area (Å²) in [5, 5.41) is 10.4. The van der Waals surface area contributed by atoms with Crippen LogP contribution in [0.3, 0.4) is 0 Å². The Morgan fingerprint density at radius 3 is 2.64 bits per heavy atom. The zero-order valence-corrected chi connectivity index (χ0v) is 12.7. The van der Waals surface area contributed by atoms with Gasteiger partial charge in [-0.1, -0.05) is 48.0 Å². The third kappa shape index (κ3) is 3.71. The maximum atomic E-state index is 6.05. The Balaban J connectivity index is 1.82. The van der Waals surface area contributed by atoms with E-state index in [1.165, 1.54) is 0 Å². The minimum Gasteiger partial charge on any atom is -0.325 e. The molecule has 0 saturated heterocycles. The number of aryl methyl sites for hydroxylation is 1. The van der Waals surface area contributed by atoms with Crippen LogP contribution in [-0.2, 0) is 0 Å². The Labute approximate surface area is 133 Å². The summed E-state index contributed by atoms with van der Waals surface area (Å²) in [6, 6.07) is 13.5. The summed E-state index contributed by atoms with van der Waals surface area (Å²) in [4.78, 5) is 8.61. The molecule has 2 heterocycles. The van der Waals surface area contributed by atoms with Crippen LogP contribution < -0.4 is 5.32 Å². The van der Waals surface area contributed by atoms with Crippen molar-refractivity contribution in [3.8, 4) is 0 Å². The summed E-state index contributed by atoms with van der Waals surface area (Å²) in [7, 11) is 0. The summed E-state index contributed by atoms with van der Waals surface area (Å²) in [5.74, 6) is 1.90. The van der Waals surface area contributed by atoms with Crippen LogP contribution in [0.2, 0.25) is 5.15 Å². The van der Waals surface area contributed by atoms with E-state index >= 15 is 0 Å². The third-order valence-electron chi connectivity index (χ3n) is 2.91. The molecule has 0 spiro atoms. The average molecular weight is 312 g/mol.